The maximum Gasteiger partial charge on any atom is 0.406 e. The zero-order chi connectivity index (χ0) is 13.9. The molecule has 9 heteroatoms. The van der Waals surface area contributed by atoms with Crippen LogP contribution in [0.3, 0.4) is 0 Å². The van der Waals surface area contributed by atoms with E-state index in [0.717, 1.165) is 0 Å². The molecular formula is C9H14N4O5. The van der Waals surface area contributed by atoms with Gasteiger partial charge < -0.3 is 25.3 Å². The minimum atomic E-state index is -1.15. The second-order valence-electron chi connectivity index (χ2n) is 3.59. The highest BCUT2D eigenvalue weighted by atomic mass is 16.6. The number of rotatable bonds is 6. The van der Waals surface area contributed by atoms with Crippen molar-refractivity contribution in [2.24, 2.45) is 7.05 Å². The van der Waals surface area contributed by atoms with Crippen LogP contribution in [-0.4, -0.2) is 45.3 Å². The fourth-order valence-electron chi connectivity index (χ4n) is 1.38. The zero-order valence-electron chi connectivity index (χ0n) is 10.2. The first kappa shape index (κ1) is 13.9. The second-order valence-corrected chi connectivity index (χ2v) is 3.59. The van der Waals surface area contributed by atoms with Gasteiger partial charge in [-0.15, -0.1) is 0 Å². The Balaban J connectivity index is 2.90. The van der Waals surface area contributed by atoms with Gasteiger partial charge in [-0.3, -0.25) is 4.57 Å². The third-order valence-corrected chi connectivity index (χ3v) is 2.49. The van der Waals surface area contributed by atoms with E-state index >= 15 is 0 Å². The van der Waals surface area contributed by atoms with Crippen LogP contribution < -0.4 is 5.32 Å². The van der Waals surface area contributed by atoms with Gasteiger partial charge in [-0.2, -0.15) is 0 Å². The summed E-state index contributed by atoms with van der Waals surface area (Å²) in [4.78, 5) is 24.7. The van der Waals surface area contributed by atoms with Gasteiger partial charge in [0.05, 0.1) is 6.54 Å². The SMILES string of the molecule is COC(CNc1c([N+](=O)[O-])nc(C)n1C)C(=O)O. The largest absolute Gasteiger partial charge is 0.479 e. The molecule has 1 heterocycles. The van der Waals surface area contributed by atoms with Gasteiger partial charge in [-0.05, 0) is 9.91 Å². The normalized spacial score (nSPS) is 12.2. The lowest BCUT2D eigenvalue weighted by molar-refractivity contribution is -0.388. The lowest BCUT2D eigenvalue weighted by Gasteiger charge is -2.12. The first-order valence-electron chi connectivity index (χ1n) is 5.05. The monoisotopic (exact) mass is 258 g/mol. The average molecular weight is 258 g/mol. The molecule has 100 valence electrons. The highest BCUT2D eigenvalue weighted by Gasteiger charge is 2.25. The predicted molar refractivity (Wildman–Crippen MR) is 61.5 cm³/mol. The number of nitrogens with zero attached hydrogens (tertiary/aromatic N) is 3. The van der Waals surface area contributed by atoms with Crippen molar-refractivity contribution in [3.63, 3.8) is 0 Å². The Hall–Kier alpha value is -2.16. The van der Waals surface area contributed by atoms with Crippen molar-refractivity contribution in [1.29, 1.82) is 0 Å². The molecule has 0 aliphatic heterocycles. The first-order chi connectivity index (χ1) is 8.38. The van der Waals surface area contributed by atoms with Gasteiger partial charge in [-0.25, -0.2) is 4.79 Å². The molecule has 0 fully saturated rings. The van der Waals surface area contributed by atoms with Crippen LogP contribution in [0.2, 0.25) is 0 Å². The highest BCUT2D eigenvalue weighted by molar-refractivity contribution is 5.73. The Bertz CT molecular complexity index is 470. The Morgan fingerprint density at radius 3 is 2.78 bits per heavy atom. The topological polar surface area (TPSA) is 120 Å². The summed E-state index contributed by atoms with van der Waals surface area (Å²) in [5.74, 6) is -0.879. The van der Waals surface area contributed by atoms with E-state index in [9.17, 15) is 14.9 Å². The van der Waals surface area contributed by atoms with Gasteiger partial charge in [0.15, 0.2) is 6.10 Å². The van der Waals surface area contributed by atoms with Gasteiger partial charge >= 0.3 is 11.8 Å². The molecule has 18 heavy (non-hydrogen) atoms. The molecule has 0 aromatic carbocycles. The van der Waals surface area contributed by atoms with E-state index in [1.807, 2.05) is 0 Å². The standard InChI is InChI=1S/C9H14N4O5/c1-5-11-8(13(16)17)7(12(5)2)10-4-6(18-3)9(14)15/h6,10H,4H2,1-3H3,(H,14,15). The van der Waals surface area contributed by atoms with E-state index in [1.54, 1.807) is 14.0 Å². The van der Waals surface area contributed by atoms with Crippen LogP contribution in [0.15, 0.2) is 0 Å². The number of carboxylic acid groups (broad SMARTS) is 1. The fraction of sp³-hybridized carbons (Fsp3) is 0.556. The molecule has 1 aromatic rings. The van der Waals surface area contributed by atoms with E-state index in [2.05, 4.69) is 10.3 Å². The Labute approximate surface area is 103 Å². The minimum Gasteiger partial charge on any atom is -0.479 e. The summed E-state index contributed by atoms with van der Waals surface area (Å²) < 4.78 is 6.20. The number of carbonyl (C=O) groups is 1. The quantitative estimate of drug-likeness (QED) is 0.550. The number of aromatic nitrogens is 2. The molecule has 0 saturated heterocycles. The van der Waals surface area contributed by atoms with Crippen LogP contribution in [0, 0.1) is 17.0 Å². The molecule has 1 unspecified atom stereocenters. The maximum absolute atomic E-state index is 10.8. The molecule has 0 saturated carbocycles. The van der Waals surface area contributed by atoms with Crippen LogP contribution in [0.25, 0.3) is 0 Å². The van der Waals surface area contributed by atoms with E-state index in [-0.39, 0.29) is 18.2 Å². The molecule has 9 nitrogen and oxygen atoms in total. The summed E-state index contributed by atoms with van der Waals surface area (Å²) >= 11 is 0. The van der Waals surface area contributed by atoms with Crippen molar-refractivity contribution < 1.29 is 19.6 Å². The van der Waals surface area contributed by atoms with Crippen molar-refractivity contribution in [3.05, 3.63) is 15.9 Å². The van der Waals surface area contributed by atoms with Gasteiger partial charge in [0.25, 0.3) is 0 Å². The number of imidazole rings is 1. The Morgan fingerprint density at radius 1 is 1.72 bits per heavy atom. The van der Waals surface area contributed by atoms with Crippen LogP contribution in [-0.2, 0) is 16.6 Å². The van der Waals surface area contributed by atoms with Gasteiger partial charge in [0.2, 0.25) is 11.6 Å². The number of nitrogens with one attached hydrogen (secondary N) is 1. The number of hydrogen-bond acceptors (Lipinski definition) is 6. The summed E-state index contributed by atoms with van der Waals surface area (Å²) in [6, 6.07) is 0. The first-order valence-corrected chi connectivity index (χ1v) is 5.05. The summed E-state index contributed by atoms with van der Waals surface area (Å²) in [7, 11) is 2.85. The lowest BCUT2D eigenvalue weighted by Crippen LogP contribution is -2.31. The highest BCUT2D eigenvalue weighted by Crippen LogP contribution is 2.23. The number of carboxylic acids is 1. The van der Waals surface area contributed by atoms with Gasteiger partial charge in [0.1, 0.15) is 0 Å². The average Bonchev–Trinajstić information content (AvgIpc) is 2.57. The molecule has 0 aliphatic carbocycles. The summed E-state index contributed by atoms with van der Waals surface area (Å²) in [5.41, 5.74) is 0. The second kappa shape index (κ2) is 5.45. The Morgan fingerprint density at radius 2 is 2.33 bits per heavy atom. The van der Waals surface area contributed by atoms with Crippen molar-refractivity contribution in [2.75, 3.05) is 19.0 Å². The van der Waals surface area contributed by atoms with Crippen LogP contribution >= 0.6 is 0 Å². The van der Waals surface area contributed by atoms with E-state index in [1.165, 1.54) is 11.7 Å². The molecule has 2 N–H and O–H groups in total. The smallest absolute Gasteiger partial charge is 0.406 e. The number of anilines is 1. The summed E-state index contributed by atoms with van der Waals surface area (Å²) in [6.07, 6.45) is -1.08. The lowest BCUT2D eigenvalue weighted by atomic mass is 10.3. The van der Waals surface area contributed by atoms with Crippen molar-refractivity contribution >= 4 is 17.6 Å². The molecule has 0 aliphatic rings. The molecule has 0 radical (unpaired) electrons. The summed E-state index contributed by atoms with van der Waals surface area (Å²) in [6.45, 7) is 1.52. The third kappa shape index (κ3) is 2.74. The predicted octanol–water partition coefficient (Wildman–Crippen LogP) is 0.148. The number of aliphatic carboxylic acids is 1. The van der Waals surface area contributed by atoms with Crippen molar-refractivity contribution in [1.82, 2.24) is 9.55 Å². The zero-order valence-corrected chi connectivity index (χ0v) is 10.2. The van der Waals surface area contributed by atoms with E-state index in [4.69, 9.17) is 9.84 Å². The van der Waals surface area contributed by atoms with E-state index < -0.39 is 17.0 Å². The molecule has 1 atom stereocenters. The van der Waals surface area contributed by atoms with Crippen LogP contribution in [0.1, 0.15) is 5.82 Å². The minimum absolute atomic E-state index is 0.0916. The fourth-order valence-corrected chi connectivity index (χ4v) is 1.38. The number of methoxy groups -OCH3 is 1. The number of nitro groups is 1. The molecule has 1 rings (SSSR count). The number of hydrogen-bond donors (Lipinski definition) is 2. The Kier molecular flexibility index (Phi) is 4.21. The number of aryl methyl sites for hydroxylation is 1. The van der Waals surface area contributed by atoms with Crippen LogP contribution in [0.5, 0.6) is 0 Å². The maximum atomic E-state index is 10.8. The third-order valence-electron chi connectivity index (χ3n) is 2.49. The van der Waals surface area contributed by atoms with Crippen molar-refractivity contribution in [2.45, 2.75) is 13.0 Å². The molecular weight excluding hydrogens is 244 g/mol. The van der Waals surface area contributed by atoms with E-state index in [0.29, 0.717) is 5.82 Å². The van der Waals surface area contributed by atoms with Crippen LogP contribution in [0.4, 0.5) is 11.6 Å². The molecule has 0 spiro atoms. The molecule has 1 aromatic heterocycles. The van der Waals surface area contributed by atoms with Gasteiger partial charge in [0, 0.05) is 21.1 Å². The van der Waals surface area contributed by atoms with Crippen molar-refractivity contribution in [3.8, 4) is 0 Å². The molecule has 0 bridgehead atoms. The molecule has 0 amide bonds. The summed E-state index contributed by atoms with van der Waals surface area (Å²) in [5, 5.41) is 22.2. The number of ether oxygens (including phenoxy) is 1. The van der Waals surface area contributed by atoms with Gasteiger partial charge in [-0.1, -0.05) is 0 Å².